The van der Waals surface area contributed by atoms with Gasteiger partial charge in [0.1, 0.15) is 17.9 Å². The van der Waals surface area contributed by atoms with Gasteiger partial charge in [-0.25, -0.2) is 9.18 Å². The van der Waals surface area contributed by atoms with Crippen LogP contribution < -0.4 is 10.6 Å². The number of methoxy groups -OCH3 is 2. The molecule has 19 heteroatoms. The van der Waals surface area contributed by atoms with E-state index in [1.54, 1.807) is 43.7 Å². The van der Waals surface area contributed by atoms with Gasteiger partial charge >= 0.3 is 5.97 Å². The molecule has 2 saturated heterocycles. The third-order valence-electron chi connectivity index (χ3n) is 14.8. The van der Waals surface area contributed by atoms with E-state index in [0.717, 1.165) is 31.4 Å². The maximum Gasteiger partial charge on any atom is 0.326 e. The van der Waals surface area contributed by atoms with Gasteiger partial charge in [-0.1, -0.05) is 79.0 Å². The number of aliphatic carboxylic acids is 1. The second kappa shape index (κ2) is 28.0. The summed E-state index contributed by atoms with van der Waals surface area (Å²) in [6, 6.07) is 2.34. The fraction of sp³-hybridized carbons (Fsp3) is 0.731. The highest BCUT2D eigenvalue weighted by Crippen LogP contribution is 2.47. The van der Waals surface area contributed by atoms with Crippen LogP contribution in [0.5, 0.6) is 0 Å². The summed E-state index contributed by atoms with van der Waals surface area (Å²) >= 11 is 1.54. The Hall–Kier alpha value is -4.62. The molecule has 4 rings (SSSR count). The number of hydrogen-bond acceptors (Lipinski definition) is 11. The number of imide groups is 1. The molecule has 2 aliphatic heterocycles. The molecule has 0 aromatic heterocycles. The van der Waals surface area contributed by atoms with E-state index in [4.69, 9.17) is 9.47 Å². The Morgan fingerprint density at radius 1 is 0.915 bits per heavy atom. The first-order chi connectivity index (χ1) is 33.7. The number of halogens is 1. The van der Waals surface area contributed by atoms with E-state index in [1.807, 2.05) is 27.7 Å². The molecule has 11 atom stereocenters. The lowest BCUT2D eigenvalue weighted by molar-refractivity contribution is -0.151. The highest BCUT2D eigenvalue weighted by atomic mass is 32.2. The Morgan fingerprint density at radius 2 is 1.62 bits per heavy atom. The van der Waals surface area contributed by atoms with Gasteiger partial charge in [-0.3, -0.25) is 38.5 Å². The number of thioether (sulfide) groups is 1. The van der Waals surface area contributed by atoms with Crippen molar-refractivity contribution in [2.75, 3.05) is 47.2 Å². The van der Waals surface area contributed by atoms with E-state index in [9.17, 15) is 47.9 Å². The number of likely N-dealkylation sites (N-methyl/N-ethyl adjacent to an activating group) is 2. The van der Waals surface area contributed by atoms with Crippen LogP contribution in [0.25, 0.3) is 0 Å². The minimum Gasteiger partial charge on any atom is -0.480 e. The van der Waals surface area contributed by atoms with Crippen molar-refractivity contribution in [3.63, 3.8) is 0 Å². The van der Waals surface area contributed by atoms with Gasteiger partial charge in [-0.2, -0.15) is 0 Å². The maximum absolute atomic E-state index is 14.6. The average molecular weight is 1020 g/mol. The normalized spacial score (nSPS) is 21.6. The van der Waals surface area contributed by atoms with Crippen LogP contribution in [0.15, 0.2) is 24.3 Å². The smallest absolute Gasteiger partial charge is 0.326 e. The molecule has 71 heavy (non-hydrogen) atoms. The molecule has 3 aliphatic rings. The summed E-state index contributed by atoms with van der Waals surface area (Å²) in [5.74, 6) is -4.32. The summed E-state index contributed by atoms with van der Waals surface area (Å²) in [6.07, 6.45) is 5.03. The Kier molecular flexibility index (Phi) is 23.2. The van der Waals surface area contributed by atoms with Crippen LogP contribution in [0.1, 0.15) is 124 Å². The van der Waals surface area contributed by atoms with Crippen molar-refractivity contribution in [2.45, 2.75) is 173 Å². The molecule has 398 valence electrons. The number of nitrogens with one attached hydrogen (secondary N) is 2. The summed E-state index contributed by atoms with van der Waals surface area (Å²) in [4.78, 5) is 113. The minimum atomic E-state index is -1.40. The lowest BCUT2D eigenvalue weighted by Crippen LogP contribution is -2.58. The van der Waals surface area contributed by atoms with Crippen LogP contribution >= 0.6 is 11.8 Å². The van der Waals surface area contributed by atoms with Gasteiger partial charge in [0.2, 0.25) is 41.4 Å². The number of rotatable bonds is 30. The molecule has 0 radical (unpaired) electrons. The molecule has 0 spiro atoms. The zero-order valence-corrected chi connectivity index (χ0v) is 44.5. The van der Waals surface area contributed by atoms with Crippen molar-refractivity contribution in [1.29, 1.82) is 0 Å². The van der Waals surface area contributed by atoms with Crippen molar-refractivity contribution in [3.8, 4) is 0 Å². The summed E-state index contributed by atoms with van der Waals surface area (Å²) in [5.41, 5.74) is 0.150. The lowest BCUT2D eigenvalue weighted by atomic mass is 9.87. The van der Waals surface area contributed by atoms with E-state index >= 15 is 0 Å². The SMILES string of the molecule is CCCCSC1CC(=O)N(CCCCCC(=O)N(C)C(C(=O)NCC(=O)N(C)[C@H](C(CC(=O)N2C3CC3CCC2[C@H](OC)C(C)C(=O)NC(Cc2ccccc2F)C(=O)O)OC)[C@@H](C)CC)C(C)C)C1=O. The predicted octanol–water partition coefficient (Wildman–Crippen LogP) is 5.07. The number of amides is 7. The minimum absolute atomic E-state index is 0.0822. The van der Waals surface area contributed by atoms with Gasteiger partial charge in [0, 0.05) is 60.2 Å². The number of carboxylic acids is 1. The summed E-state index contributed by atoms with van der Waals surface area (Å²) < 4.78 is 26.4. The predicted molar refractivity (Wildman–Crippen MR) is 268 cm³/mol. The average Bonchev–Trinajstić information content (AvgIpc) is 4.08. The molecule has 3 fully saturated rings. The first-order valence-corrected chi connectivity index (χ1v) is 26.6. The summed E-state index contributed by atoms with van der Waals surface area (Å²) in [5, 5.41) is 15.0. The number of piperidine rings is 1. The van der Waals surface area contributed by atoms with Crippen molar-refractivity contribution in [2.24, 2.45) is 23.7 Å². The molecular weight excluding hydrogens is 936 g/mol. The number of carbonyl (C=O) groups is 8. The molecule has 1 aliphatic carbocycles. The molecule has 8 unspecified atom stereocenters. The summed E-state index contributed by atoms with van der Waals surface area (Å²) in [7, 11) is 6.14. The monoisotopic (exact) mass is 1020 g/mol. The quantitative estimate of drug-likeness (QED) is 0.0682. The van der Waals surface area contributed by atoms with Crippen molar-refractivity contribution in [1.82, 2.24) is 30.2 Å². The number of fused-ring (bicyclic) bond motifs is 1. The van der Waals surface area contributed by atoms with Crippen LogP contribution in [0.3, 0.4) is 0 Å². The van der Waals surface area contributed by atoms with E-state index in [1.165, 1.54) is 47.1 Å². The van der Waals surface area contributed by atoms with Crippen LogP contribution in [0, 0.1) is 29.5 Å². The number of nitrogens with zero attached hydrogens (tertiary/aromatic N) is 4. The highest BCUT2D eigenvalue weighted by Gasteiger charge is 2.53. The van der Waals surface area contributed by atoms with Crippen molar-refractivity contribution >= 4 is 59.1 Å². The van der Waals surface area contributed by atoms with Crippen LogP contribution in [-0.2, 0) is 54.3 Å². The number of likely N-dealkylation sites (tertiary alicyclic amines) is 2. The zero-order chi connectivity index (χ0) is 52.7. The second-order valence-corrected chi connectivity index (χ2v) is 21.4. The molecule has 2 heterocycles. The van der Waals surface area contributed by atoms with Gasteiger partial charge in [0.15, 0.2) is 0 Å². The maximum atomic E-state index is 14.6. The molecule has 1 saturated carbocycles. The van der Waals surface area contributed by atoms with Gasteiger partial charge in [-0.05, 0) is 73.7 Å². The number of benzene rings is 1. The fourth-order valence-electron chi connectivity index (χ4n) is 10.4. The molecule has 1 aromatic carbocycles. The van der Waals surface area contributed by atoms with Gasteiger partial charge in [0.25, 0.3) is 0 Å². The fourth-order valence-corrected chi connectivity index (χ4v) is 11.6. The van der Waals surface area contributed by atoms with Crippen LogP contribution in [-0.4, -0.2) is 167 Å². The van der Waals surface area contributed by atoms with Crippen molar-refractivity contribution in [3.05, 3.63) is 35.6 Å². The molecule has 7 amide bonds. The number of carbonyl (C=O) groups excluding carboxylic acids is 7. The Morgan fingerprint density at radius 3 is 2.24 bits per heavy atom. The number of unbranched alkanes of at least 4 members (excludes halogenated alkanes) is 3. The van der Waals surface area contributed by atoms with Gasteiger partial charge in [-0.15, -0.1) is 11.8 Å². The molecule has 0 bridgehead atoms. The second-order valence-electron chi connectivity index (χ2n) is 20.1. The Bertz CT molecular complexity index is 2010. The highest BCUT2D eigenvalue weighted by molar-refractivity contribution is 8.00. The van der Waals surface area contributed by atoms with E-state index in [0.29, 0.717) is 38.6 Å². The van der Waals surface area contributed by atoms with Crippen LogP contribution in [0.4, 0.5) is 4.39 Å². The third-order valence-corrected chi connectivity index (χ3v) is 16.1. The third kappa shape index (κ3) is 15.7. The lowest BCUT2D eigenvalue weighted by Gasteiger charge is -2.43. The van der Waals surface area contributed by atoms with Gasteiger partial charge < -0.3 is 39.9 Å². The molecular formula is C52H81FN6O11S. The Labute approximate surface area is 424 Å². The molecule has 1 aromatic rings. The van der Waals surface area contributed by atoms with E-state index in [2.05, 4.69) is 17.6 Å². The topological polar surface area (TPSA) is 212 Å². The van der Waals surface area contributed by atoms with E-state index < -0.39 is 71.8 Å². The number of hydrogen-bond donors (Lipinski definition) is 3. The molecule has 3 N–H and O–H groups in total. The van der Waals surface area contributed by atoms with E-state index in [-0.39, 0.29) is 90.5 Å². The van der Waals surface area contributed by atoms with Gasteiger partial charge in [0.05, 0.1) is 48.4 Å². The number of ether oxygens (including phenoxy) is 2. The summed E-state index contributed by atoms with van der Waals surface area (Å²) in [6.45, 7) is 11.3. The standard InChI is InChI=1S/C52H81FN6O11S/c1-11-13-25-71-41-29-43(61)58(51(41)66)24-18-14-15-21-42(60)56(7)46(31(3)4)50(65)54-30-45(63)57(8)47(32(5)12-2)40(69-9)28-44(62)59-38(23-22-35-27-39(35)59)48(70-10)33(6)49(64)55-37(52(67)68)26-34-19-16-17-20-36(34)53/h16-17,19-20,31-33,35,37-41,46-48H,11-15,18,21-30H2,1-10H3,(H,54,65)(H,55,64)(H,67,68)/t32-,33?,35?,37?,38?,39?,40?,41?,46?,47-,48+/m0/s1. The van der Waals surface area contributed by atoms with Crippen LogP contribution in [0.2, 0.25) is 0 Å². The largest absolute Gasteiger partial charge is 0.480 e. The van der Waals surface area contributed by atoms with Crippen molar-refractivity contribution < 1.29 is 57.3 Å². The zero-order valence-electron chi connectivity index (χ0n) is 43.7. The number of carboxylic acid groups (broad SMARTS) is 1. The molecule has 17 nitrogen and oxygen atoms in total. The Balaban J connectivity index is 1.35. The first-order valence-electron chi connectivity index (χ1n) is 25.6. The first kappa shape index (κ1) is 58.9.